The molecule has 1 aliphatic rings. The predicted octanol–water partition coefficient (Wildman–Crippen LogP) is 8.12. The lowest BCUT2D eigenvalue weighted by Gasteiger charge is -2.50. The third kappa shape index (κ3) is 8.74. The fraction of sp³-hybridized carbons (Fsp3) is 0.250. The SMILES string of the molecule is O[C@@](c1ccccc1)(c1nccs1)[C@@H]1O[C@H](COCc2ccccc2)[C@H](OCc2ccccc2)[C@H](OCc2ccccc2)[C@H]1OCc1ccccc1. The average molecular weight is 714 g/mol. The number of nitrogens with zero attached hydrogens (tertiary/aromatic N) is 1. The number of hydrogen-bond donors (Lipinski definition) is 1. The molecule has 0 bridgehead atoms. The molecular weight excluding hydrogens is 671 g/mol. The molecule has 0 saturated carbocycles. The van der Waals surface area contributed by atoms with Crippen molar-refractivity contribution < 1.29 is 28.8 Å². The van der Waals surface area contributed by atoms with Crippen LogP contribution in [0.1, 0.15) is 32.8 Å². The van der Waals surface area contributed by atoms with E-state index in [0.717, 1.165) is 22.3 Å². The highest BCUT2D eigenvalue weighted by Gasteiger charge is 2.57. The molecule has 0 amide bonds. The molecule has 1 aromatic heterocycles. The fourth-order valence-electron chi connectivity index (χ4n) is 6.64. The molecule has 6 aromatic rings. The highest BCUT2D eigenvalue weighted by Crippen LogP contribution is 2.43. The van der Waals surface area contributed by atoms with Crippen molar-refractivity contribution in [2.45, 2.75) is 62.5 Å². The van der Waals surface area contributed by atoms with Gasteiger partial charge in [-0.25, -0.2) is 4.98 Å². The van der Waals surface area contributed by atoms with E-state index in [9.17, 15) is 5.11 Å². The Morgan fingerprint density at radius 2 is 1.00 bits per heavy atom. The summed E-state index contributed by atoms with van der Waals surface area (Å²) in [6, 6.07) is 49.7. The molecule has 0 aliphatic carbocycles. The molecule has 7 nitrogen and oxygen atoms in total. The van der Waals surface area contributed by atoms with Gasteiger partial charge in [0.15, 0.2) is 5.60 Å². The summed E-state index contributed by atoms with van der Waals surface area (Å²) in [5, 5.41) is 15.5. The molecule has 8 heteroatoms. The molecule has 0 radical (unpaired) electrons. The summed E-state index contributed by atoms with van der Waals surface area (Å²) in [5.74, 6) is 0. The van der Waals surface area contributed by atoms with Crippen LogP contribution in [0.25, 0.3) is 0 Å². The summed E-state index contributed by atoms with van der Waals surface area (Å²) in [6.07, 6.45) is -2.03. The van der Waals surface area contributed by atoms with Gasteiger partial charge in [0.25, 0.3) is 0 Å². The van der Waals surface area contributed by atoms with Gasteiger partial charge in [-0.2, -0.15) is 0 Å². The lowest BCUT2D eigenvalue weighted by molar-refractivity contribution is -0.299. The standard InChI is InChI=1S/C44H43NO6S/c46-44(43-45-26-27-52-43,37-24-14-5-15-25-37)42-41(50-31-36-22-12-4-13-23-36)40(49-30-35-20-10-3-11-21-35)39(48-29-34-18-8-2-9-19-34)38(51-42)32-47-28-33-16-6-1-7-17-33/h1-27,38-42,46H,28-32H2/t38-,39+,40+,41-,42-,44-/m1/s1. The first-order valence-corrected chi connectivity index (χ1v) is 18.5. The van der Waals surface area contributed by atoms with E-state index in [-0.39, 0.29) is 13.2 Å². The van der Waals surface area contributed by atoms with Crippen molar-refractivity contribution in [3.63, 3.8) is 0 Å². The van der Waals surface area contributed by atoms with Gasteiger partial charge in [0.1, 0.15) is 35.5 Å². The molecule has 1 aliphatic heterocycles. The van der Waals surface area contributed by atoms with E-state index >= 15 is 0 Å². The molecule has 0 spiro atoms. The second-order valence-electron chi connectivity index (χ2n) is 12.8. The van der Waals surface area contributed by atoms with E-state index in [2.05, 4.69) is 4.98 Å². The van der Waals surface area contributed by atoms with Crippen molar-refractivity contribution >= 4 is 11.3 Å². The zero-order chi connectivity index (χ0) is 35.4. The second kappa shape index (κ2) is 17.8. The van der Waals surface area contributed by atoms with Crippen LogP contribution in [0.15, 0.2) is 163 Å². The Kier molecular flexibility index (Phi) is 12.3. The van der Waals surface area contributed by atoms with E-state index in [1.54, 1.807) is 6.20 Å². The first-order chi connectivity index (χ1) is 25.7. The van der Waals surface area contributed by atoms with Crippen LogP contribution in [0.3, 0.4) is 0 Å². The van der Waals surface area contributed by atoms with Gasteiger partial charge >= 0.3 is 0 Å². The molecule has 7 rings (SSSR count). The molecule has 52 heavy (non-hydrogen) atoms. The number of thiazole rings is 1. The van der Waals surface area contributed by atoms with Gasteiger partial charge in [-0.3, -0.25) is 0 Å². The Hall–Kier alpha value is -4.51. The van der Waals surface area contributed by atoms with E-state index in [0.29, 0.717) is 30.4 Å². The highest BCUT2D eigenvalue weighted by molar-refractivity contribution is 7.09. The normalized spacial score (nSPS) is 21.4. The number of aromatic nitrogens is 1. The molecule has 2 heterocycles. The van der Waals surface area contributed by atoms with Crippen LogP contribution in [0, 0.1) is 0 Å². The smallest absolute Gasteiger partial charge is 0.170 e. The van der Waals surface area contributed by atoms with Crippen molar-refractivity contribution in [3.05, 3.63) is 196 Å². The van der Waals surface area contributed by atoms with Crippen LogP contribution in [0.5, 0.6) is 0 Å². The number of ether oxygens (including phenoxy) is 5. The minimum absolute atomic E-state index is 0.185. The Bertz CT molecular complexity index is 1880. The second-order valence-corrected chi connectivity index (χ2v) is 13.7. The fourth-order valence-corrected chi connectivity index (χ4v) is 7.42. The van der Waals surface area contributed by atoms with Gasteiger partial charge < -0.3 is 28.8 Å². The molecule has 1 fully saturated rings. The Balaban J connectivity index is 1.31. The highest BCUT2D eigenvalue weighted by atomic mass is 32.1. The van der Waals surface area contributed by atoms with E-state index in [1.165, 1.54) is 11.3 Å². The van der Waals surface area contributed by atoms with Crippen LogP contribution in [-0.2, 0) is 55.7 Å². The third-order valence-corrected chi connectivity index (χ3v) is 10.2. The molecular formula is C44H43NO6S. The maximum absolute atomic E-state index is 13.2. The van der Waals surface area contributed by atoms with Gasteiger partial charge in [-0.05, 0) is 27.8 Å². The Morgan fingerprint density at radius 3 is 1.48 bits per heavy atom. The first-order valence-electron chi connectivity index (χ1n) is 17.6. The minimum Gasteiger partial charge on any atom is -0.375 e. The van der Waals surface area contributed by atoms with E-state index in [4.69, 9.17) is 23.7 Å². The van der Waals surface area contributed by atoms with Crippen molar-refractivity contribution in [2.75, 3.05) is 6.61 Å². The van der Waals surface area contributed by atoms with Crippen LogP contribution in [-0.4, -0.2) is 47.2 Å². The number of aliphatic hydroxyl groups is 1. The summed E-state index contributed by atoms with van der Waals surface area (Å²) in [6.45, 7) is 1.45. The average Bonchev–Trinajstić information content (AvgIpc) is 3.77. The first kappa shape index (κ1) is 35.9. The summed E-state index contributed by atoms with van der Waals surface area (Å²) in [5.41, 5.74) is 2.98. The summed E-state index contributed by atoms with van der Waals surface area (Å²) in [7, 11) is 0. The summed E-state index contributed by atoms with van der Waals surface area (Å²) in [4.78, 5) is 4.66. The number of hydrogen-bond acceptors (Lipinski definition) is 8. The topological polar surface area (TPSA) is 79.3 Å². The van der Waals surface area contributed by atoms with E-state index in [1.807, 2.05) is 157 Å². The lowest BCUT2D eigenvalue weighted by Crippen LogP contribution is -2.66. The van der Waals surface area contributed by atoms with Crippen molar-refractivity contribution in [1.29, 1.82) is 0 Å². The number of rotatable bonds is 16. The van der Waals surface area contributed by atoms with Crippen LogP contribution < -0.4 is 0 Å². The van der Waals surface area contributed by atoms with Gasteiger partial charge in [-0.15, -0.1) is 11.3 Å². The maximum atomic E-state index is 13.2. The van der Waals surface area contributed by atoms with Crippen LogP contribution >= 0.6 is 11.3 Å². The molecule has 266 valence electrons. The monoisotopic (exact) mass is 713 g/mol. The van der Waals surface area contributed by atoms with Crippen LogP contribution in [0.4, 0.5) is 0 Å². The zero-order valence-corrected chi connectivity index (χ0v) is 29.7. The van der Waals surface area contributed by atoms with Crippen molar-refractivity contribution in [1.82, 2.24) is 4.98 Å². The van der Waals surface area contributed by atoms with Gasteiger partial charge in [0.05, 0.1) is 33.0 Å². The largest absolute Gasteiger partial charge is 0.375 e. The van der Waals surface area contributed by atoms with Crippen molar-refractivity contribution in [2.24, 2.45) is 0 Å². The van der Waals surface area contributed by atoms with Gasteiger partial charge in [-0.1, -0.05) is 152 Å². The Morgan fingerprint density at radius 1 is 0.558 bits per heavy atom. The summed E-state index contributed by atoms with van der Waals surface area (Å²) >= 11 is 1.37. The van der Waals surface area contributed by atoms with E-state index < -0.39 is 36.1 Å². The molecule has 5 aromatic carbocycles. The number of benzene rings is 5. The van der Waals surface area contributed by atoms with Crippen LogP contribution in [0.2, 0.25) is 0 Å². The minimum atomic E-state index is -1.70. The molecule has 1 N–H and O–H groups in total. The Labute approximate surface area is 309 Å². The van der Waals surface area contributed by atoms with Gasteiger partial charge in [0.2, 0.25) is 0 Å². The lowest BCUT2D eigenvalue weighted by atomic mass is 9.80. The third-order valence-electron chi connectivity index (χ3n) is 9.27. The molecule has 0 unspecified atom stereocenters. The zero-order valence-electron chi connectivity index (χ0n) is 28.9. The molecule has 6 atom stereocenters. The quantitative estimate of drug-likeness (QED) is 0.109. The van der Waals surface area contributed by atoms with Crippen molar-refractivity contribution in [3.8, 4) is 0 Å². The maximum Gasteiger partial charge on any atom is 0.170 e. The van der Waals surface area contributed by atoms with Gasteiger partial charge in [0, 0.05) is 11.6 Å². The predicted molar refractivity (Wildman–Crippen MR) is 201 cm³/mol. The summed E-state index contributed by atoms with van der Waals surface area (Å²) < 4.78 is 34.1. The molecule has 1 saturated heterocycles.